The molecule has 1 atom stereocenters. The number of anilines is 1. The van der Waals surface area contributed by atoms with Gasteiger partial charge in [-0.25, -0.2) is 9.97 Å². The van der Waals surface area contributed by atoms with Gasteiger partial charge in [0.15, 0.2) is 5.65 Å². The van der Waals surface area contributed by atoms with Crippen LogP contribution in [0.3, 0.4) is 0 Å². The lowest BCUT2D eigenvalue weighted by molar-refractivity contribution is -0.129. The van der Waals surface area contributed by atoms with E-state index < -0.39 is 0 Å². The van der Waals surface area contributed by atoms with E-state index in [-0.39, 0.29) is 17.4 Å². The molecule has 3 rings (SSSR count). The molecule has 6 heteroatoms. The molecule has 3 heterocycles. The number of rotatable bonds is 2. The molecule has 1 aliphatic heterocycles. The summed E-state index contributed by atoms with van der Waals surface area (Å²) in [6.07, 6.45) is 3.85. The number of aromatic nitrogens is 3. The Balaban J connectivity index is 1.78. The van der Waals surface area contributed by atoms with Crippen molar-refractivity contribution in [3.8, 4) is 0 Å². The van der Waals surface area contributed by atoms with Crippen LogP contribution in [0.5, 0.6) is 0 Å². The molecule has 0 aromatic carbocycles. The van der Waals surface area contributed by atoms with Crippen LogP contribution in [0, 0.1) is 5.41 Å². The number of imidazole rings is 1. The molecule has 0 spiro atoms. The molecule has 124 valence electrons. The van der Waals surface area contributed by atoms with Crippen LogP contribution in [0.4, 0.5) is 5.95 Å². The van der Waals surface area contributed by atoms with E-state index in [0.29, 0.717) is 0 Å². The summed E-state index contributed by atoms with van der Waals surface area (Å²) in [4.78, 5) is 23.6. The van der Waals surface area contributed by atoms with Gasteiger partial charge in [-0.3, -0.25) is 9.36 Å². The molecule has 1 saturated heterocycles. The summed E-state index contributed by atoms with van der Waals surface area (Å²) in [7, 11) is 2.00. The fraction of sp³-hybridized carbons (Fsp3) is 0.588. The van der Waals surface area contributed by atoms with Gasteiger partial charge in [0.05, 0.1) is 0 Å². The van der Waals surface area contributed by atoms with Gasteiger partial charge in [0.2, 0.25) is 11.9 Å². The molecule has 0 saturated carbocycles. The Morgan fingerprint density at radius 1 is 1.39 bits per heavy atom. The number of aryl methyl sites for hydroxylation is 1. The van der Waals surface area contributed by atoms with Crippen molar-refractivity contribution < 1.29 is 4.79 Å². The SMILES string of the molecule is Cn1c(N2CCCC(NC(=O)C(C)(C)C)C2)nc2cccnc21. The maximum absolute atomic E-state index is 12.2. The van der Waals surface area contributed by atoms with Gasteiger partial charge in [0, 0.05) is 37.8 Å². The van der Waals surface area contributed by atoms with Gasteiger partial charge >= 0.3 is 0 Å². The van der Waals surface area contributed by atoms with Gasteiger partial charge in [0.25, 0.3) is 0 Å². The zero-order chi connectivity index (χ0) is 16.6. The van der Waals surface area contributed by atoms with Gasteiger partial charge in [-0.15, -0.1) is 0 Å². The van der Waals surface area contributed by atoms with Crippen LogP contribution >= 0.6 is 0 Å². The maximum Gasteiger partial charge on any atom is 0.225 e. The first-order valence-corrected chi connectivity index (χ1v) is 8.19. The first kappa shape index (κ1) is 15.8. The van der Waals surface area contributed by atoms with E-state index in [9.17, 15) is 4.79 Å². The predicted molar refractivity (Wildman–Crippen MR) is 91.3 cm³/mol. The highest BCUT2D eigenvalue weighted by atomic mass is 16.2. The van der Waals surface area contributed by atoms with E-state index in [1.807, 2.05) is 44.5 Å². The zero-order valence-corrected chi connectivity index (χ0v) is 14.3. The molecular formula is C17H25N5O. The first-order chi connectivity index (χ1) is 10.9. The topological polar surface area (TPSA) is 63.0 Å². The van der Waals surface area contributed by atoms with Gasteiger partial charge < -0.3 is 10.2 Å². The van der Waals surface area contributed by atoms with Crippen LogP contribution in [0.1, 0.15) is 33.6 Å². The Kier molecular flexibility index (Phi) is 4.00. The molecular weight excluding hydrogens is 290 g/mol. The fourth-order valence-electron chi connectivity index (χ4n) is 2.97. The van der Waals surface area contributed by atoms with Crippen molar-refractivity contribution in [3.63, 3.8) is 0 Å². The minimum absolute atomic E-state index is 0.107. The largest absolute Gasteiger partial charge is 0.351 e. The van der Waals surface area contributed by atoms with Crippen molar-refractivity contribution in [3.05, 3.63) is 18.3 Å². The summed E-state index contributed by atoms with van der Waals surface area (Å²) in [6.45, 7) is 7.58. The lowest BCUT2D eigenvalue weighted by Crippen LogP contribution is -2.50. The summed E-state index contributed by atoms with van der Waals surface area (Å²) >= 11 is 0. The van der Waals surface area contributed by atoms with Crippen LogP contribution in [-0.4, -0.2) is 39.6 Å². The molecule has 1 aliphatic rings. The van der Waals surface area contributed by atoms with Crippen molar-refractivity contribution in [2.45, 2.75) is 39.7 Å². The Bertz CT molecular complexity index is 715. The van der Waals surface area contributed by atoms with Crippen molar-refractivity contribution >= 4 is 23.0 Å². The van der Waals surface area contributed by atoms with E-state index >= 15 is 0 Å². The number of carbonyl (C=O) groups excluding carboxylic acids is 1. The highest BCUT2D eigenvalue weighted by Crippen LogP contribution is 2.23. The third kappa shape index (κ3) is 3.16. The molecule has 23 heavy (non-hydrogen) atoms. The summed E-state index contributed by atoms with van der Waals surface area (Å²) < 4.78 is 2.03. The second kappa shape index (κ2) is 5.83. The third-order valence-corrected chi connectivity index (χ3v) is 4.32. The Morgan fingerprint density at radius 2 is 2.17 bits per heavy atom. The molecule has 2 aromatic rings. The Labute approximate surface area is 136 Å². The average molecular weight is 315 g/mol. The summed E-state index contributed by atoms with van der Waals surface area (Å²) in [6, 6.07) is 4.05. The van der Waals surface area contributed by atoms with E-state index in [4.69, 9.17) is 4.98 Å². The summed E-state index contributed by atoms with van der Waals surface area (Å²) in [5.41, 5.74) is 1.44. The lowest BCUT2D eigenvalue weighted by Gasteiger charge is -2.35. The van der Waals surface area contributed by atoms with Crippen LogP contribution in [0.25, 0.3) is 11.2 Å². The lowest BCUT2D eigenvalue weighted by atomic mass is 9.94. The molecule has 0 aliphatic carbocycles. The van der Waals surface area contributed by atoms with Crippen molar-refractivity contribution in [1.82, 2.24) is 19.9 Å². The summed E-state index contributed by atoms with van der Waals surface area (Å²) in [5.74, 6) is 1.03. The number of hydrogen-bond donors (Lipinski definition) is 1. The molecule has 1 unspecified atom stereocenters. The van der Waals surface area contributed by atoms with Crippen molar-refractivity contribution in [2.75, 3.05) is 18.0 Å². The second-order valence-electron chi connectivity index (χ2n) is 7.33. The number of fused-ring (bicyclic) bond motifs is 1. The van der Waals surface area contributed by atoms with Crippen molar-refractivity contribution in [1.29, 1.82) is 0 Å². The van der Waals surface area contributed by atoms with E-state index in [1.54, 1.807) is 6.20 Å². The number of amides is 1. The molecule has 0 bridgehead atoms. The zero-order valence-electron chi connectivity index (χ0n) is 14.3. The number of hydrogen-bond acceptors (Lipinski definition) is 4. The number of piperidine rings is 1. The normalized spacial score (nSPS) is 19.1. The van der Waals surface area contributed by atoms with Crippen LogP contribution in [0.15, 0.2) is 18.3 Å². The molecule has 2 aromatic heterocycles. The van der Waals surface area contributed by atoms with Crippen LogP contribution in [-0.2, 0) is 11.8 Å². The number of nitrogens with zero attached hydrogens (tertiary/aromatic N) is 4. The molecule has 0 radical (unpaired) electrons. The predicted octanol–water partition coefficient (Wildman–Crippen LogP) is 2.10. The first-order valence-electron chi connectivity index (χ1n) is 8.19. The monoisotopic (exact) mass is 315 g/mol. The smallest absolute Gasteiger partial charge is 0.225 e. The summed E-state index contributed by atoms with van der Waals surface area (Å²) in [5, 5.41) is 3.18. The quantitative estimate of drug-likeness (QED) is 0.922. The van der Waals surface area contributed by atoms with Gasteiger partial charge in [-0.05, 0) is 25.0 Å². The molecule has 1 amide bonds. The van der Waals surface area contributed by atoms with Gasteiger partial charge in [-0.1, -0.05) is 20.8 Å². The Hall–Kier alpha value is -2.11. The molecule has 1 N–H and O–H groups in total. The van der Waals surface area contributed by atoms with Crippen LogP contribution in [0.2, 0.25) is 0 Å². The maximum atomic E-state index is 12.2. The molecule has 1 fully saturated rings. The number of nitrogens with one attached hydrogen (secondary N) is 1. The standard InChI is InChI=1S/C17H25N5O/c1-17(2,3)15(23)19-12-7-6-10-22(11-12)16-20-13-8-5-9-18-14(13)21(16)4/h5,8-9,12H,6-7,10-11H2,1-4H3,(H,19,23). The van der Waals surface area contributed by atoms with Gasteiger partial charge in [0.1, 0.15) is 5.52 Å². The van der Waals surface area contributed by atoms with E-state index in [2.05, 4.69) is 15.2 Å². The average Bonchev–Trinajstić information content (AvgIpc) is 2.84. The van der Waals surface area contributed by atoms with Crippen LogP contribution < -0.4 is 10.2 Å². The fourth-order valence-corrected chi connectivity index (χ4v) is 2.97. The van der Waals surface area contributed by atoms with E-state index in [1.165, 1.54) is 0 Å². The minimum Gasteiger partial charge on any atom is -0.351 e. The Morgan fingerprint density at radius 3 is 2.87 bits per heavy atom. The minimum atomic E-state index is -0.357. The number of pyridine rings is 1. The third-order valence-electron chi connectivity index (χ3n) is 4.32. The van der Waals surface area contributed by atoms with Crippen molar-refractivity contribution in [2.24, 2.45) is 12.5 Å². The highest BCUT2D eigenvalue weighted by molar-refractivity contribution is 5.81. The number of carbonyl (C=O) groups is 1. The molecule has 6 nitrogen and oxygen atoms in total. The van der Waals surface area contributed by atoms with Gasteiger partial charge in [-0.2, -0.15) is 0 Å². The second-order valence-corrected chi connectivity index (χ2v) is 7.33. The highest BCUT2D eigenvalue weighted by Gasteiger charge is 2.28. The van der Waals surface area contributed by atoms with E-state index in [0.717, 1.165) is 43.0 Å².